The lowest BCUT2D eigenvalue weighted by Gasteiger charge is -1.94. The molecule has 0 aromatic carbocycles. The molecule has 0 amide bonds. The van der Waals surface area contributed by atoms with Crippen molar-refractivity contribution in [3.8, 4) is 0 Å². The standard InChI is InChI=1S/C10H14N4OS/c1-8-11-10(7-16-8)6-14-5-9(12-13-14)3-2-4-15/h5,7,15H,2-4,6H2,1H3. The Labute approximate surface area is 97.8 Å². The highest BCUT2D eigenvalue weighted by molar-refractivity contribution is 7.09. The fraction of sp³-hybridized carbons (Fsp3) is 0.500. The van der Waals surface area contributed by atoms with Crippen LogP contribution in [0.2, 0.25) is 0 Å². The van der Waals surface area contributed by atoms with Gasteiger partial charge in [0.1, 0.15) is 0 Å². The summed E-state index contributed by atoms with van der Waals surface area (Å²) in [7, 11) is 0. The first kappa shape index (κ1) is 11.2. The van der Waals surface area contributed by atoms with Crippen LogP contribution in [0.15, 0.2) is 11.6 Å². The van der Waals surface area contributed by atoms with Crippen molar-refractivity contribution in [1.29, 1.82) is 0 Å². The van der Waals surface area contributed by atoms with Gasteiger partial charge in [-0.2, -0.15) is 0 Å². The monoisotopic (exact) mass is 238 g/mol. The molecular formula is C10H14N4OS. The first-order valence-corrected chi connectivity index (χ1v) is 6.07. The fourth-order valence-electron chi connectivity index (χ4n) is 1.44. The lowest BCUT2D eigenvalue weighted by Crippen LogP contribution is -2.00. The molecule has 2 aromatic rings. The van der Waals surface area contributed by atoms with Gasteiger partial charge in [-0.3, -0.25) is 0 Å². The molecule has 2 heterocycles. The van der Waals surface area contributed by atoms with Crippen LogP contribution in [0.4, 0.5) is 0 Å². The maximum Gasteiger partial charge on any atom is 0.0898 e. The van der Waals surface area contributed by atoms with E-state index in [2.05, 4.69) is 15.3 Å². The predicted octanol–water partition coefficient (Wildman–Crippen LogP) is 1.02. The first-order chi connectivity index (χ1) is 7.78. The SMILES string of the molecule is Cc1nc(Cn2cc(CCCO)nn2)cs1. The number of aliphatic hydroxyl groups is 1. The van der Waals surface area contributed by atoms with Gasteiger partial charge in [0.2, 0.25) is 0 Å². The Morgan fingerprint density at radius 1 is 1.44 bits per heavy atom. The van der Waals surface area contributed by atoms with Crippen LogP contribution in [-0.4, -0.2) is 31.7 Å². The Morgan fingerprint density at radius 3 is 3.00 bits per heavy atom. The van der Waals surface area contributed by atoms with Gasteiger partial charge < -0.3 is 5.11 Å². The van der Waals surface area contributed by atoms with Crippen LogP contribution in [0.3, 0.4) is 0 Å². The number of aromatic nitrogens is 4. The van der Waals surface area contributed by atoms with Crippen LogP contribution in [0, 0.1) is 6.92 Å². The second-order valence-electron chi connectivity index (χ2n) is 3.59. The smallest absolute Gasteiger partial charge is 0.0898 e. The second-order valence-corrected chi connectivity index (χ2v) is 4.65. The van der Waals surface area contributed by atoms with Crippen molar-refractivity contribution in [3.63, 3.8) is 0 Å². The maximum atomic E-state index is 8.71. The van der Waals surface area contributed by atoms with Gasteiger partial charge in [-0.15, -0.1) is 16.4 Å². The molecule has 2 rings (SSSR count). The van der Waals surface area contributed by atoms with Crippen LogP contribution in [0.1, 0.15) is 22.8 Å². The van der Waals surface area contributed by atoms with Crippen LogP contribution in [0.25, 0.3) is 0 Å². The van der Waals surface area contributed by atoms with Gasteiger partial charge in [-0.05, 0) is 19.8 Å². The third kappa shape index (κ3) is 2.86. The molecule has 0 radical (unpaired) electrons. The molecule has 0 unspecified atom stereocenters. The van der Waals surface area contributed by atoms with Gasteiger partial charge in [-0.25, -0.2) is 9.67 Å². The van der Waals surface area contributed by atoms with Gasteiger partial charge in [0.25, 0.3) is 0 Å². The largest absolute Gasteiger partial charge is 0.396 e. The summed E-state index contributed by atoms with van der Waals surface area (Å²) in [6.07, 6.45) is 3.41. The van der Waals surface area contributed by atoms with Gasteiger partial charge in [0.05, 0.1) is 22.9 Å². The lowest BCUT2D eigenvalue weighted by molar-refractivity contribution is 0.288. The van der Waals surface area contributed by atoms with Crippen LogP contribution >= 0.6 is 11.3 Å². The van der Waals surface area contributed by atoms with E-state index in [0.717, 1.165) is 29.2 Å². The minimum absolute atomic E-state index is 0.193. The molecular weight excluding hydrogens is 224 g/mol. The Morgan fingerprint density at radius 2 is 2.31 bits per heavy atom. The normalized spacial score (nSPS) is 10.9. The Hall–Kier alpha value is -1.27. The van der Waals surface area contributed by atoms with Gasteiger partial charge >= 0.3 is 0 Å². The van der Waals surface area contributed by atoms with Crippen LogP contribution < -0.4 is 0 Å². The summed E-state index contributed by atoms with van der Waals surface area (Å²) in [4.78, 5) is 4.37. The average Bonchev–Trinajstić information content (AvgIpc) is 2.86. The van der Waals surface area contributed by atoms with Gasteiger partial charge in [0, 0.05) is 18.2 Å². The van der Waals surface area contributed by atoms with Gasteiger partial charge in [-0.1, -0.05) is 5.21 Å². The maximum absolute atomic E-state index is 8.71. The molecule has 0 saturated heterocycles. The van der Waals surface area contributed by atoms with Gasteiger partial charge in [0.15, 0.2) is 0 Å². The third-order valence-electron chi connectivity index (χ3n) is 2.17. The van der Waals surface area contributed by atoms with Crippen LogP contribution in [-0.2, 0) is 13.0 Å². The summed E-state index contributed by atoms with van der Waals surface area (Å²) >= 11 is 1.64. The highest BCUT2D eigenvalue weighted by Crippen LogP contribution is 2.09. The van der Waals surface area contributed by atoms with Crippen molar-refractivity contribution < 1.29 is 5.11 Å². The molecule has 5 nitrogen and oxygen atoms in total. The molecule has 2 aromatic heterocycles. The van der Waals surface area contributed by atoms with Crippen molar-refractivity contribution in [2.24, 2.45) is 0 Å². The second kappa shape index (κ2) is 5.18. The van der Waals surface area contributed by atoms with Crippen molar-refractivity contribution in [2.45, 2.75) is 26.3 Å². The van der Waals surface area contributed by atoms with E-state index in [1.165, 1.54) is 0 Å². The molecule has 0 bridgehead atoms. The van der Waals surface area contributed by atoms with Crippen molar-refractivity contribution in [2.75, 3.05) is 6.61 Å². The molecule has 0 saturated carbocycles. The minimum Gasteiger partial charge on any atom is -0.396 e. The summed E-state index contributed by atoms with van der Waals surface area (Å²) in [6, 6.07) is 0. The number of aliphatic hydroxyl groups excluding tert-OH is 1. The summed E-state index contributed by atoms with van der Waals surface area (Å²) in [5.41, 5.74) is 1.93. The van der Waals surface area contributed by atoms with E-state index in [4.69, 9.17) is 5.11 Å². The highest BCUT2D eigenvalue weighted by atomic mass is 32.1. The van der Waals surface area contributed by atoms with Crippen molar-refractivity contribution in [1.82, 2.24) is 20.0 Å². The van der Waals surface area contributed by atoms with Crippen molar-refractivity contribution in [3.05, 3.63) is 28.0 Å². The molecule has 0 aliphatic heterocycles. The molecule has 0 aliphatic rings. The summed E-state index contributed by atoms with van der Waals surface area (Å²) < 4.78 is 1.78. The van der Waals surface area contributed by atoms with E-state index in [-0.39, 0.29) is 6.61 Å². The van der Waals surface area contributed by atoms with E-state index in [1.54, 1.807) is 16.0 Å². The molecule has 6 heteroatoms. The molecule has 16 heavy (non-hydrogen) atoms. The van der Waals surface area contributed by atoms with Crippen LogP contribution in [0.5, 0.6) is 0 Å². The number of aryl methyl sites for hydroxylation is 2. The fourth-order valence-corrected chi connectivity index (χ4v) is 2.04. The number of rotatable bonds is 5. The Balaban J connectivity index is 1.97. The molecule has 0 aliphatic carbocycles. The molecule has 0 atom stereocenters. The average molecular weight is 238 g/mol. The number of hydrogen-bond donors (Lipinski definition) is 1. The highest BCUT2D eigenvalue weighted by Gasteiger charge is 2.03. The van der Waals surface area contributed by atoms with Crippen molar-refractivity contribution >= 4 is 11.3 Å². The summed E-state index contributed by atoms with van der Waals surface area (Å²) in [5.74, 6) is 0. The zero-order chi connectivity index (χ0) is 11.4. The van der Waals surface area contributed by atoms with E-state index < -0.39 is 0 Å². The topological polar surface area (TPSA) is 63.8 Å². The minimum atomic E-state index is 0.193. The quantitative estimate of drug-likeness (QED) is 0.844. The third-order valence-corrected chi connectivity index (χ3v) is 2.99. The lowest BCUT2D eigenvalue weighted by atomic mass is 10.3. The van der Waals surface area contributed by atoms with E-state index in [9.17, 15) is 0 Å². The summed E-state index contributed by atoms with van der Waals surface area (Å²) in [5, 5.41) is 19.9. The predicted molar refractivity (Wildman–Crippen MR) is 61.4 cm³/mol. The number of hydrogen-bond acceptors (Lipinski definition) is 5. The number of nitrogens with zero attached hydrogens (tertiary/aromatic N) is 4. The molecule has 1 N–H and O–H groups in total. The zero-order valence-electron chi connectivity index (χ0n) is 9.13. The number of thiazole rings is 1. The van der Waals surface area contributed by atoms with E-state index in [1.807, 2.05) is 18.5 Å². The van der Waals surface area contributed by atoms with E-state index in [0.29, 0.717) is 6.54 Å². The van der Waals surface area contributed by atoms with E-state index >= 15 is 0 Å². The Bertz CT molecular complexity index is 451. The molecule has 86 valence electrons. The Kier molecular flexibility index (Phi) is 3.63. The zero-order valence-corrected chi connectivity index (χ0v) is 9.94. The first-order valence-electron chi connectivity index (χ1n) is 5.19. The summed E-state index contributed by atoms with van der Waals surface area (Å²) in [6.45, 7) is 2.84. The molecule has 0 spiro atoms. The molecule has 0 fully saturated rings.